The fourth-order valence-electron chi connectivity index (χ4n) is 1.51. The lowest BCUT2D eigenvalue weighted by atomic mass is 10.0. The molecule has 0 unspecified atom stereocenters. The van der Waals surface area contributed by atoms with Gasteiger partial charge in [0.2, 0.25) is 0 Å². The molecule has 0 spiro atoms. The molecule has 1 heterocycles. The summed E-state index contributed by atoms with van der Waals surface area (Å²) in [5.41, 5.74) is 1.94. The summed E-state index contributed by atoms with van der Waals surface area (Å²) in [6.07, 6.45) is 1.40. The van der Waals surface area contributed by atoms with Crippen molar-refractivity contribution in [3.8, 4) is 5.69 Å². The van der Waals surface area contributed by atoms with Gasteiger partial charge in [-0.15, -0.1) is 5.10 Å². The third kappa shape index (κ3) is 2.33. The number of rotatable bonds is 3. The Bertz CT molecular complexity index is 546. The number of aromatic nitrogens is 3. The minimum absolute atomic E-state index is 0.0556. The molecule has 1 aromatic heterocycles. The van der Waals surface area contributed by atoms with Crippen LogP contribution < -0.4 is 0 Å². The quantitative estimate of drug-likeness (QED) is 0.878. The number of aromatic carboxylic acids is 1. The summed E-state index contributed by atoms with van der Waals surface area (Å²) < 4.78 is 1.47. The van der Waals surface area contributed by atoms with Crippen molar-refractivity contribution in [1.82, 2.24) is 15.0 Å². The highest BCUT2D eigenvalue weighted by Gasteiger charge is 2.09. The Morgan fingerprint density at radius 3 is 2.76 bits per heavy atom. The molecular weight excluding hydrogens is 218 g/mol. The zero-order chi connectivity index (χ0) is 12.4. The topological polar surface area (TPSA) is 68.0 Å². The molecule has 0 saturated carbocycles. The van der Waals surface area contributed by atoms with Crippen molar-refractivity contribution in [3.63, 3.8) is 0 Å². The molecule has 5 heteroatoms. The summed E-state index contributed by atoms with van der Waals surface area (Å²) >= 11 is 0. The van der Waals surface area contributed by atoms with Gasteiger partial charge in [0, 0.05) is 0 Å². The van der Waals surface area contributed by atoms with E-state index in [-0.39, 0.29) is 5.69 Å². The van der Waals surface area contributed by atoms with E-state index >= 15 is 0 Å². The highest BCUT2D eigenvalue weighted by atomic mass is 16.4. The van der Waals surface area contributed by atoms with Gasteiger partial charge in [0.15, 0.2) is 5.69 Å². The summed E-state index contributed by atoms with van der Waals surface area (Å²) in [5, 5.41) is 16.1. The van der Waals surface area contributed by atoms with Crippen LogP contribution in [0, 0.1) is 0 Å². The number of benzene rings is 1. The lowest BCUT2D eigenvalue weighted by Gasteiger charge is -2.07. The standard InChI is InChI=1S/C12H13N3O2/c1-8(2)9-4-3-5-10(6-9)15-7-11(12(16)17)13-14-15/h3-8H,1-2H3,(H,16,17). The van der Waals surface area contributed by atoms with E-state index in [0.29, 0.717) is 5.92 Å². The number of carboxylic acids is 1. The summed E-state index contributed by atoms with van der Waals surface area (Å²) in [6, 6.07) is 7.80. The first-order valence-corrected chi connectivity index (χ1v) is 5.34. The SMILES string of the molecule is CC(C)c1cccc(-n2cc(C(=O)O)nn2)c1. The van der Waals surface area contributed by atoms with Gasteiger partial charge < -0.3 is 5.11 Å². The van der Waals surface area contributed by atoms with Crippen LogP contribution >= 0.6 is 0 Å². The van der Waals surface area contributed by atoms with Gasteiger partial charge in [0.1, 0.15) is 0 Å². The molecule has 2 aromatic rings. The Morgan fingerprint density at radius 1 is 1.41 bits per heavy atom. The highest BCUT2D eigenvalue weighted by molar-refractivity contribution is 5.84. The van der Waals surface area contributed by atoms with Gasteiger partial charge in [-0.25, -0.2) is 9.48 Å². The molecule has 2 rings (SSSR count). The van der Waals surface area contributed by atoms with Gasteiger partial charge in [-0.2, -0.15) is 0 Å². The first-order chi connectivity index (χ1) is 8.08. The summed E-state index contributed by atoms with van der Waals surface area (Å²) in [6.45, 7) is 4.20. The highest BCUT2D eigenvalue weighted by Crippen LogP contribution is 2.17. The molecule has 1 aromatic carbocycles. The Labute approximate surface area is 98.7 Å². The molecule has 0 fully saturated rings. The molecule has 0 aliphatic carbocycles. The van der Waals surface area contributed by atoms with Crippen molar-refractivity contribution < 1.29 is 9.90 Å². The molecule has 0 atom stereocenters. The van der Waals surface area contributed by atoms with Gasteiger partial charge in [0.05, 0.1) is 11.9 Å². The maximum atomic E-state index is 10.7. The lowest BCUT2D eigenvalue weighted by molar-refractivity contribution is 0.0690. The van der Waals surface area contributed by atoms with Crippen LogP contribution in [0.3, 0.4) is 0 Å². The van der Waals surface area contributed by atoms with Gasteiger partial charge in [0.25, 0.3) is 0 Å². The molecule has 0 amide bonds. The predicted molar refractivity (Wildman–Crippen MR) is 62.4 cm³/mol. The van der Waals surface area contributed by atoms with E-state index in [1.807, 2.05) is 24.3 Å². The van der Waals surface area contributed by atoms with Crippen LogP contribution in [0.2, 0.25) is 0 Å². The van der Waals surface area contributed by atoms with Gasteiger partial charge in [-0.3, -0.25) is 0 Å². The minimum atomic E-state index is -1.07. The maximum absolute atomic E-state index is 10.7. The fraction of sp³-hybridized carbons (Fsp3) is 0.250. The van der Waals surface area contributed by atoms with Crippen LogP contribution in [-0.2, 0) is 0 Å². The average Bonchev–Trinajstić information content (AvgIpc) is 2.78. The Kier molecular flexibility index (Phi) is 2.91. The number of hydrogen-bond acceptors (Lipinski definition) is 3. The van der Waals surface area contributed by atoms with E-state index in [9.17, 15) is 4.79 Å². The molecule has 0 aliphatic heterocycles. The van der Waals surface area contributed by atoms with E-state index < -0.39 is 5.97 Å². The molecule has 1 N–H and O–H groups in total. The van der Waals surface area contributed by atoms with Crippen molar-refractivity contribution in [2.45, 2.75) is 19.8 Å². The number of carboxylic acid groups (broad SMARTS) is 1. The van der Waals surface area contributed by atoms with E-state index in [0.717, 1.165) is 5.69 Å². The van der Waals surface area contributed by atoms with E-state index in [2.05, 4.69) is 24.2 Å². The van der Waals surface area contributed by atoms with Crippen LogP contribution in [0.15, 0.2) is 30.5 Å². The molecule has 0 aliphatic rings. The van der Waals surface area contributed by atoms with E-state index in [1.54, 1.807) is 0 Å². The second-order valence-corrected chi connectivity index (χ2v) is 4.10. The molecule has 88 valence electrons. The van der Waals surface area contributed by atoms with Gasteiger partial charge in [-0.05, 0) is 23.6 Å². The van der Waals surface area contributed by atoms with Crippen LogP contribution in [0.25, 0.3) is 5.69 Å². The van der Waals surface area contributed by atoms with Crippen molar-refractivity contribution in [3.05, 3.63) is 41.7 Å². The largest absolute Gasteiger partial charge is 0.476 e. The minimum Gasteiger partial charge on any atom is -0.476 e. The Hall–Kier alpha value is -2.17. The third-order valence-corrected chi connectivity index (χ3v) is 2.51. The molecular formula is C12H13N3O2. The van der Waals surface area contributed by atoms with Crippen LogP contribution in [0.5, 0.6) is 0 Å². The summed E-state index contributed by atoms with van der Waals surface area (Å²) in [5.74, 6) is -0.659. The van der Waals surface area contributed by atoms with Crippen molar-refractivity contribution >= 4 is 5.97 Å². The summed E-state index contributed by atoms with van der Waals surface area (Å²) in [7, 11) is 0. The lowest BCUT2D eigenvalue weighted by Crippen LogP contribution is -1.97. The monoisotopic (exact) mass is 231 g/mol. The predicted octanol–water partition coefficient (Wildman–Crippen LogP) is 2.09. The van der Waals surface area contributed by atoms with Gasteiger partial charge >= 0.3 is 5.97 Å². The second-order valence-electron chi connectivity index (χ2n) is 4.10. The first kappa shape index (κ1) is 11.3. The average molecular weight is 231 g/mol. The van der Waals surface area contributed by atoms with Gasteiger partial charge in [-0.1, -0.05) is 31.2 Å². The molecule has 0 bridgehead atoms. The van der Waals surface area contributed by atoms with Crippen LogP contribution in [-0.4, -0.2) is 26.1 Å². The van der Waals surface area contributed by atoms with E-state index in [4.69, 9.17) is 5.11 Å². The van der Waals surface area contributed by atoms with Crippen LogP contribution in [0.1, 0.15) is 35.8 Å². The summed E-state index contributed by atoms with van der Waals surface area (Å²) in [4.78, 5) is 10.7. The zero-order valence-electron chi connectivity index (χ0n) is 9.66. The second kappa shape index (κ2) is 4.37. The van der Waals surface area contributed by atoms with E-state index in [1.165, 1.54) is 16.4 Å². The Morgan fingerprint density at radius 2 is 2.18 bits per heavy atom. The fourth-order valence-corrected chi connectivity index (χ4v) is 1.51. The molecule has 5 nitrogen and oxygen atoms in total. The normalized spacial score (nSPS) is 10.8. The van der Waals surface area contributed by atoms with Crippen LogP contribution in [0.4, 0.5) is 0 Å². The molecule has 17 heavy (non-hydrogen) atoms. The molecule has 0 radical (unpaired) electrons. The van der Waals surface area contributed by atoms with Crippen molar-refractivity contribution in [1.29, 1.82) is 0 Å². The third-order valence-electron chi connectivity index (χ3n) is 2.51. The van der Waals surface area contributed by atoms with Crippen molar-refractivity contribution in [2.75, 3.05) is 0 Å². The zero-order valence-corrected chi connectivity index (χ0v) is 9.66. The maximum Gasteiger partial charge on any atom is 0.358 e. The number of hydrogen-bond donors (Lipinski definition) is 1. The smallest absolute Gasteiger partial charge is 0.358 e. The number of carbonyl (C=O) groups is 1. The first-order valence-electron chi connectivity index (χ1n) is 5.34. The molecule has 0 saturated heterocycles. The van der Waals surface area contributed by atoms with Crippen molar-refractivity contribution in [2.24, 2.45) is 0 Å². The number of nitrogens with zero attached hydrogens (tertiary/aromatic N) is 3. The Balaban J connectivity index is 2.38.